The molecule has 0 aromatic heterocycles. The van der Waals surface area contributed by atoms with Gasteiger partial charge in [-0.15, -0.1) is 11.8 Å². The molecule has 1 aromatic carbocycles. The van der Waals surface area contributed by atoms with Crippen LogP contribution in [0.4, 0.5) is 0 Å². The van der Waals surface area contributed by atoms with Crippen LogP contribution in [0.25, 0.3) is 0 Å². The lowest BCUT2D eigenvalue weighted by molar-refractivity contribution is 1.47. The molecule has 0 bridgehead atoms. The van der Waals surface area contributed by atoms with Gasteiger partial charge >= 0.3 is 0 Å². The third kappa shape index (κ3) is 3.09. The van der Waals surface area contributed by atoms with Gasteiger partial charge in [-0.25, -0.2) is 0 Å². The average molecular weight is 239 g/mol. The fourth-order valence-electron chi connectivity index (χ4n) is 0.710. The van der Waals surface area contributed by atoms with Gasteiger partial charge in [0.1, 0.15) is 0 Å². The van der Waals surface area contributed by atoms with Crippen LogP contribution in [0.5, 0.6) is 0 Å². The molecular formula is C8H8Cl2S2. The first kappa shape index (κ1) is 10.6. The number of halogens is 2. The van der Waals surface area contributed by atoms with E-state index >= 15 is 0 Å². The fraction of sp³-hybridized carbons (Fsp3) is 0.250. The van der Waals surface area contributed by atoms with Crippen molar-refractivity contribution in [2.45, 2.75) is 4.90 Å². The highest BCUT2D eigenvalue weighted by atomic mass is 35.5. The zero-order valence-electron chi connectivity index (χ0n) is 6.51. The summed E-state index contributed by atoms with van der Waals surface area (Å²) in [5, 5.41) is 2.52. The third-order valence-corrected chi connectivity index (χ3v) is 3.97. The molecule has 0 amide bonds. The van der Waals surface area contributed by atoms with Crippen LogP contribution in [0.15, 0.2) is 23.1 Å². The molecule has 0 saturated heterocycles. The average Bonchev–Trinajstić information content (AvgIpc) is 2.07. The fourth-order valence-corrected chi connectivity index (χ4v) is 2.62. The van der Waals surface area contributed by atoms with E-state index in [1.165, 1.54) is 0 Å². The lowest BCUT2D eigenvalue weighted by Crippen LogP contribution is -1.75. The monoisotopic (exact) mass is 238 g/mol. The molecule has 66 valence electrons. The van der Waals surface area contributed by atoms with Crippen molar-refractivity contribution < 1.29 is 0 Å². The van der Waals surface area contributed by atoms with E-state index < -0.39 is 0 Å². The van der Waals surface area contributed by atoms with Crippen LogP contribution in [0.1, 0.15) is 0 Å². The van der Waals surface area contributed by atoms with E-state index in [2.05, 4.69) is 6.26 Å². The van der Waals surface area contributed by atoms with Gasteiger partial charge in [-0.3, -0.25) is 0 Å². The summed E-state index contributed by atoms with van der Waals surface area (Å²) >= 11 is 15.2. The van der Waals surface area contributed by atoms with Gasteiger partial charge in [0.2, 0.25) is 0 Å². The minimum atomic E-state index is 0.739. The summed E-state index contributed by atoms with van der Waals surface area (Å²) in [5.74, 6) is 0. The predicted molar refractivity (Wildman–Crippen MR) is 60.7 cm³/mol. The van der Waals surface area contributed by atoms with E-state index in [0.717, 1.165) is 20.0 Å². The molecule has 0 N–H and O–H groups in total. The first-order valence-electron chi connectivity index (χ1n) is 3.31. The Labute approximate surface area is 91.0 Å². The summed E-state index contributed by atoms with van der Waals surface area (Å²) in [6, 6.07) is 5.52. The number of benzene rings is 1. The zero-order chi connectivity index (χ0) is 8.97. The highest BCUT2D eigenvalue weighted by Crippen LogP contribution is 2.31. The van der Waals surface area contributed by atoms with Crippen LogP contribution in [0.2, 0.25) is 10.0 Å². The maximum atomic E-state index is 5.94. The van der Waals surface area contributed by atoms with Gasteiger partial charge in [0.05, 0.1) is 5.02 Å². The highest BCUT2D eigenvalue weighted by Gasteiger charge is 2.00. The van der Waals surface area contributed by atoms with E-state index in [1.807, 2.05) is 12.1 Å². The minimum absolute atomic E-state index is 0.739. The Morgan fingerprint density at radius 3 is 2.75 bits per heavy atom. The molecule has 1 aromatic rings. The maximum absolute atomic E-state index is 5.94. The number of hydrogen-bond donors (Lipinski definition) is 0. The van der Waals surface area contributed by atoms with E-state index in [4.69, 9.17) is 23.2 Å². The van der Waals surface area contributed by atoms with Crippen LogP contribution in [0, 0.1) is 0 Å². The molecule has 0 fully saturated rings. The summed E-state index contributed by atoms with van der Waals surface area (Å²) < 4.78 is 0. The predicted octanol–water partition coefficient (Wildman–Crippen LogP) is 4.41. The molecular weight excluding hydrogens is 231 g/mol. The zero-order valence-corrected chi connectivity index (χ0v) is 9.66. The van der Waals surface area contributed by atoms with Crippen molar-refractivity contribution >= 4 is 46.7 Å². The van der Waals surface area contributed by atoms with Crippen molar-refractivity contribution in [2.75, 3.05) is 11.3 Å². The van der Waals surface area contributed by atoms with E-state index in [1.54, 1.807) is 29.6 Å². The van der Waals surface area contributed by atoms with Gasteiger partial charge in [0.15, 0.2) is 0 Å². The van der Waals surface area contributed by atoms with Gasteiger partial charge in [-0.05, 0) is 24.5 Å². The molecule has 4 heteroatoms. The Balaban J connectivity index is 2.75. The van der Waals surface area contributed by atoms with E-state index in [0.29, 0.717) is 0 Å². The van der Waals surface area contributed by atoms with Gasteiger partial charge in [-0.1, -0.05) is 23.2 Å². The Morgan fingerprint density at radius 2 is 2.08 bits per heavy atom. The molecule has 0 radical (unpaired) electrons. The summed E-state index contributed by atoms with van der Waals surface area (Å²) in [6.45, 7) is 0. The van der Waals surface area contributed by atoms with Gasteiger partial charge in [0, 0.05) is 15.0 Å². The van der Waals surface area contributed by atoms with Gasteiger partial charge in [-0.2, -0.15) is 11.8 Å². The van der Waals surface area contributed by atoms with E-state index in [9.17, 15) is 0 Å². The van der Waals surface area contributed by atoms with E-state index in [-0.39, 0.29) is 0 Å². The van der Waals surface area contributed by atoms with Crippen LogP contribution in [0.3, 0.4) is 0 Å². The number of thioether (sulfide) groups is 2. The van der Waals surface area contributed by atoms with Crippen LogP contribution in [-0.2, 0) is 0 Å². The highest BCUT2D eigenvalue weighted by molar-refractivity contribution is 8.15. The van der Waals surface area contributed by atoms with Gasteiger partial charge in [0.25, 0.3) is 0 Å². The summed E-state index contributed by atoms with van der Waals surface area (Å²) in [5.41, 5.74) is 0. The second kappa shape index (κ2) is 5.28. The largest absolute Gasteiger partial charge is 0.154 e. The SMILES string of the molecule is CSCSc1cc(Cl)ccc1Cl. The number of hydrogen-bond acceptors (Lipinski definition) is 2. The Morgan fingerprint density at radius 1 is 1.33 bits per heavy atom. The third-order valence-electron chi connectivity index (χ3n) is 1.23. The molecule has 0 unspecified atom stereocenters. The quantitative estimate of drug-likeness (QED) is 0.566. The van der Waals surface area contributed by atoms with Crippen LogP contribution >= 0.6 is 46.7 Å². The first-order valence-corrected chi connectivity index (χ1v) is 6.44. The summed E-state index contributed by atoms with van der Waals surface area (Å²) in [4.78, 5) is 1.05. The van der Waals surface area contributed by atoms with Crippen molar-refractivity contribution in [1.29, 1.82) is 0 Å². The lowest BCUT2D eigenvalue weighted by atomic mass is 10.4. The molecule has 0 aliphatic heterocycles. The molecule has 12 heavy (non-hydrogen) atoms. The Bertz CT molecular complexity index is 263. The first-order chi connectivity index (χ1) is 5.74. The van der Waals surface area contributed by atoms with Crippen molar-refractivity contribution in [3.63, 3.8) is 0 Å². The van der Waals surface area contributed by atoms with Crippen LogP contribution in [-0.4, -0.2) is 11.3 Å². The second-order valence-corrected chi connectivity index (χ2v) is 5.22. The normalized spacial score (nSPS) is 10.2. The molecule has 0 heterocycles. The minimum Gasteiger partial charge on any atom is -0.154 e. The molecule has 1 rings (SSSR count). The Kier molecular flexibility index (Phi) is 4.65. The number of rotatable bonds is 3. The van der Waals surface area contributed by atoms with Crippen molar-refractivity contribution in [2.24, 2.45) is 0 Å². The van der Waals surface area contributed by atoms with Gasteiger partial charge < -0.3 is 0 Å². The molecule has 0 aliphatic rings. The van der Waals surface area contributed by atoms with Crippen molar-refractivity contribution in [3.8, 4) is 0 Å². The topological polar surface area (TPSA) is 0 Å². The summed E-state index contributed by atoms with van der Waals surface area (Å²) in [6.07, 6.45) is 2.06. The smallest absolute Gasteiger partial charge is 0.0543 e. The molecule has 0 saturated carbocycles. The maximum Gasteiger partial charge on any atom is 0.0543 e. The molecule has 0 aliphatic carbocycles. The molecule has 0 nitrogen and oxygen atoms in total. The van der Waals surface area contributed by atoms with Crippen molar-refractivity contribution in [1.82, 2.24) is 0 Å². The van der Waals surface area contributed by atoms with Crippen molar-refractivity contribution in [3.05, 3.63) is 28.2 Å². The molecule has 0 atom stereocenters. The van der Waals surface area contributed by atoms with Crippen LogP contribution < -0.4 is 0 Å². The summed E-state index contributed by atoms with van der Waals surface area (Å²) in [7, 11) is 0. The second-order valence-electron chi connectivity index (χ2n) is 2.13. The molecule has 0 spiro atoms. The Hall–Kier alpha value is 0.500. The standard InChI is InChI=1S/C8H8Cl2S2/c1-11-5-12-8-4-6(9)2-3-7(8)10/h2-4H,5H2,1H3. The lowest BCUT2D eigenvalue weighted by Gasteiger charge is -2.02.